The molecule has 2 aromatic heterocycles. The molecule has 0 bridgehead atoms. The summed E-state index contributed by atoms with van der Waals surface area (Å²) in [5, 5.41) is 0. The molecule has 5 heteroatoms. The van der Waals surface area contributed by atoms with Gasteiger partial charge in [0.2, 0.25) is 0 Å². The molecule has 0 radical (unpaired) electrons. The molecule has 1 atom stereocenters. The van der Waals surface area contributed by atoms with Crippen LogP contribution in [0.1, 0.15) is 35.7 Å². The van der Waals surface area contributed by atoms with Gasteiger partial charge in [-0.3, -0.25) is 14.9 Å². The van der Waals surface area contributed by atoms with Crippen molar-refractivity contribution in [3.63, 3.8) is 0 Å². The minimum atomic E-state index is 0.451. The molecule has 0 saturated carbocycles. The lowest BCUT2D eigenvalue weighted by Gasteiger charge is -2.31. The molecule has 5 nitrogen and oxygen atoms in total. The minimum absolute atomic E-state index is 0.451. The molecule has 0 amide bonds. The number of hydrogen-bond acceptors (Lipinski definition) is 4. The zero-order valence-electron chi connectivity index (χ0n) is 15.5. The van der Waals surface area contributed by atoms with Gasteiger partial charge in [-0.25, -0.2) is 4.98 Å². The summed E-state index contributed by atoms with van der Waals surface area (Å²) in [5.41, 5.74) is 6.72. The normalized spacial score (nSPS) is 18.3. The Bertz CT molecular complexity index is 1090. The molecule has 5 rings (SSSR count). The highest BCUT2D eigenvalue weighted by Gasteiger charge is 2.24. The summed E-state index contributed by atoms with van der Waals surface area (Å²) in [6, 6.07) is 12.6. The molecule has 136 valence electrons. The Labute approximate surface area is 158 Å². The van der Waals surface area contributed by atoms with E-state index in [9.17, 15) is 0 Å². The van der Waals surface area contributed by atoms with Crippen LogP contribution in [0, 0.1) is 6.92 Å². The average molecular weight is 357 g/mol. The van der Waals surface area contributed by atoms with Crippen LogP contribution in [0.25, 0.3) is 22.1 Å². The monoisotopic (exact) mass is 357 g/mol. The van der Waals surface area contributed by atoms with Crippen LogP contribution in [0.3, 0.4) is 0 Å². The third kappa shape index (κ3) is 3.08. The highest BCUT2D eigenvalue weighted by Crippen LogP contribution is 2.29. The van der Waals surface area contributed by atoms with E-state index in [-0.39, 0.29) is 0 Å². The Morgan fingerprint density at radius 2 is 1.96 bits per heavy atom. The van der Waals surface area contributed by atoms with E-state index in [1.54, 1.807) is 12.4 Å². The molecule has 4 aromatic rings. The van der Waals surface area contributed by atoms with E-state index in [1.807, 2.05) is 6.07 Å². The van der Waals surface area contributed by atoms with Crippen molar-refractivity contribution in [1.82, 2.24) is 24.8 Å². The summed E-state index contributed by atoms with van der Waals surface area (Å²) in [5.74, 6) is 1.58. The van der Waals surface area contributed by atoms with E-state index < -0.39 is 0 Å². The van der Waals surface area contributed by atoms with Gasteiger partial charge in [0.25, 0.3) is 0 Å². The van der Waals surface area contributed by atoms with Crippen LogP contribution in [0.2, 0.25) is 0 Å². The maximum Gasteiger partial charge on any atom is 0.111 e. The van der Waals surface area contributed by atoms with Gasteiger partial charge < -0.3 is 4.98 Å². The van der Waals surface area contributed by atoms with Crippen molar-refractivity contribution < 1.29 is 0 Å². The number of para-hydroxylation sites is 2. The largest absolute Gasteiger partial charge is 0.342 e. The second-order valence-corrected chi connectivity index (χ2v) is 7.51. The zero-order chi connectivity index (χ0) is 18.2. The molecule has 3 heterocycles. The average Bonchev–Trinajstić information content (AvgIpc) is 3.15. The van der Waals surface area contributed by atoms with Gasteiger partial charge in [-0.05, 0) is 49.6 Å². The highest BCUT2D eigenvalue weighted by atomic mass is 15.1. The third-order valence-corrected chi connectivity index (χ3v) is 5.60. The second kappa shape index (κ2) is 6.74. The van der Waals surface area contributed by atoms with Crippen LogP contribution in [-0.2, 0) is 6.54 Å². The Morgan fingerprint density at radius 3 is 2.89 bits per heavy atom. The summed E-state index contributed by atoms with van der Waals surface area (Å²) in [6.45, 7) is 5.18. The molecule has 1 aliphatic rings. The molecule has 1 aliphatic heterocycles. The van der Waals surface area contributed by atoms with Crippen LogP contribution in [0.15, 0.2) is 48.8 Å². The molecule has 1 N–H and O–H groups in total. The first-order valence-corrected chi connectivity index (χ1v) is 9.64. The lowest BCUT2D eigenvalue weighted by Crippen LogP contribution is -2.34. The molecule has 0 unspecified atom stereocenters. The Kier molecular flexibility index (Phi) is 4.09. The number of H-pyrrole nitrogens is 1. The van der Waals surface area contributed by atoms with Crippen molar-refractivity contribution >= 4 is 22.1 Å². The molecule has 2 aromatic carbocycles. The van der Waals surface area contributed by atoms with E-state index in [4.69, 9.17) is 4.98 Å². The lowest BCUT2D eigenvalue weighted by atomic mass is 9.97. The van der Waals surface area contributed by atoms with Crippen molar-refractivity contribution in [3.8, 4) is 0 Å². The van der Waals surface area contributed by atoms with Gasteiger partial charge in [0.15, 0.2) is 0 Å². The highest BCUT2D eigenvalue weighted by molar-refractivity contribution is 5.79. The number of nitrogens with zero attached hydrogens (tertiary/aromatic N) is 4. The van der Waals surface area contributed by atoms with Crippen molar-refractivity contribution in [1.29, 1.82) is 0 Å². The van der Waals surface area contributed by atoms with Gasteiger partial charge >= 0.3 is 0 Å². The van der Waals surface area contributed by atoms with Crippen molar-refractivity contribution in [2.45, 2.75) is 32.2 Å². The summed E-state index contributed by atoms with van der Waals surface area (Å²) in [7, 11) is 0. The molecular formula is C22H23N5. The number of piperidine rings is 1. The van der Waals surface area contributed by atoms with Crippen molar-refractivity contribution in [2.75, 3.05) is 13.1 Å². The molecule has 1 saturated heterocycles. The molecule has 1 fully saturated rings. The van der Waals surface area contributed by atoms with Crippen LogP contribution in [0.5, 0.6) is 0 Å². The Morgan fingerprint density at radius 1 is 1.07 bits per heavy atom. The van der Waals surface area contributed by atoms with E-state index in [0.29, 0.717) is 5.92 Å². The predicted molar refractivity (Wildman–Crippen MR) is 108 cm³/mol. The Hall–Kier alpha value is -2.79. The van der Waals surface area contributed by atoms with Crippen LogP contribution >= 0.6 is 0 Å². The van der Waals surface area contributed by atoms with E-state index in [1.165, 1.54) is 24.0 Å². The standard InChI is InChI=1S/C22H23N5/c1-15-5-2-9-19-20(15)26-22(25-19)17-7-4-12-27(14-17)13-16-6-3-8-18-21(16)24-11-10-23-18/h2-3,5-6,8-11,17H,4,7,12-14H2,1H3,(H,25,26)/t17-/m0/s1. The first-order chi connectivity index (χ1) is 13.3. The number of fused-ring (bicyclic) bond motifs is 2. The molecule has 0 spiro atoms. The van der Waals surface area contributed by atoms with Gasteiger partial charge in [0.1, 0.15) is 5.82 Å². The summed E-state index contributed by atoms with van der Waals surface area (Å²) < 4.78 is 0. The van der Waals surface area contributed by atoms with Crippen LogP contribution in [0.4, 0.5) is 0 Å². The van der Waals surface area contributed by atoms with E-state index >= 15 is 0 Å². The van der Waals surface area contributed by atoms with Gasteiger partial charge in [-0.2, -0.15) is 0 Å². The van der Waals surface area contributed by atoms with Crippen LogP contribution < -0.4 is 0 Å². The minimum Gasteiger partial charge on any atom is -0.342 e. The smallest absolute Gasteiger partial charge is 0.111 e. The van der Waals surface area contributed by atoms with Crippen molar-refractivity contribution in [3.05, 3.63) is 65.7 Å². The quantitative estimate of drug-likeness (QED) is 0.597. The fourth-order valence-corrected chi connectivity index (χ4v) is 4.23. The maximum atomic E-state index is 4.92. The number of nitrogens with one attached hydrogen (secondary N) is 1. The fraction of sp³-hybridized carbons (Fsp3) is 0.318. The third-order valence-electron chi connectivity index (χ3n) is 5.60. The topological polar surface area (TPSA) is 57.7 Å². The van der Waals surface area contributed by atoms with Gasteiger partial charge in [-0.1, -0.05) is 24.3 Å². The molecule has 0 aliphatic carbocycles. The predicted octanol–water partition coefficient (Wildman–Crippen LogP) is 4.19. The molecular weight excluding hydrogens is 334 g/mol. The number of hydrogen-bond donors (Lipinski definition) is 1. The maximum absolute atomic E-state index is 4.92. The van der Waals surface area contributed by atoms with E-state index in [2.05, 4.69) is 57.1 Å². The number of imidazole rings is 1. The number of aryl methyl sites for hydroxylation is 1. The van der Waals surface area contributed by atoms with Gasteiger partial charge in [0, 0.05) is 31.4 Å². The lowest BCUT2D eigenvalue weighted by molar-refractivity contribution is 0.197. The number of likely N-dealkylation sites (tertiary alicyclic amines) is 1. The number of aromatic amines is 1. The number of rotatable bonds is 3. The Balaban J connectivity index is 1.39. The van der Waals surface area contributed by atoms with E-state index in [0.717, 1.165) is 47.5 Å². The summed E-state index contributed by atoms with van der Waals surface area (Å²) in [4.78, 5) is 20.0. The number of aromatic nitrogens is 4. The first-order valence-electron chi connectivity index (χ1n) is 9.64. The van der Waals surface area contributed by atoms with Crippen LogP contribution in [-0.4, -0.2) is 37.9 Å². The fourth-order valence-electron chi connectivity index (χ4n) is 4.23. The summed E-state index contributed by atoms with van der Waals surface area (Å²) >= 11 is 0. The zero-order valence-corrected chi connectivity index (χ0v) is 15.5. The SMILES string of the molecule is Cc1cccc2[nH]c([C@H]3CCCN(Cc4cccc5nccnc45)C3)nc12. The summed E-state index contributed by atoms with van der Waals surface area (Å²) in [6.07, 6.45) is 5.91. The van der Waals surface area contributed by atoms with Gasteiger partial charge in [0.05, 0.1) is 22.1 Å². The number of benzene rings is 2. The second-order valence-electron chi connectivity index (χ2n) is 7.51. The molecule has 27 heavy (non-hydrogen) atoms. The van der Waals surface area contributed by atoms with Gasteiger partial charge in [-0.15, -0.1) is 0 Å². The first kappa shape index (κ1) is 16.4. The van der Waals surface area contributed by atoms with Crippen molar-refractivity contribution in [2.24, 2.45) is 0 Å².